The van der Waals surface area contributed by atoms with E-state index in [2.05, 4.69) is 0 Å². The summed E-state index contributed by atoms with van der Waals surface area (Å²) in [7, 11) is 0. The van der Waals surface area contributed by atoms with Crippen LogP contribution in [0.25, 0.3) is 0 Å². The molecule has 0 aliphatic heterocycles. The number of aliphatic hydroxyl groups is 1. The van der Waals surface area contributed by atoms with Crippen LogP contribution >= 0.6 is 11.8 Å². The van der Waals surface area contributed by atoms with E-state index in [0.29, 0.717) is 0 Å². The summed E-state index contributed by atoms with van der Waals surface area (Å²) in [6, 6.07) is 7.82. The Bertz CT molecular complexity index is 336. The molecule has 0 saturated carbocycles. The Balaban J connectivity index is 2.70. The molecule has 0 amide bonds. The summed E-state index contributed by atoms with van der Waals surface area (Å²) in [5.41, 5.74) is -0.294. The molecule has 1 rings (SSSR count). The smallest absolute Gasteiger partial charge is 0.168 e. The van der Waals surface area contributed by atoms with Gasteiger partial charge in [-0.05, 0) is 37.8 Å². The first kappa shape index (κ1) is 12.3. The topological polar surface area (TPSA) is 37.3 Å². The molecule has 1 N–H and O–H groups in total. The van der Waals surface area contributed by atoms with Crippen LogP contribution in [-0.2, 0) is 11.2 Å². The lowest BCUT2D eigenvalue weighted by Gasteiger charge is -2.15. The van der Waals surface area contributed by atoms with Crippen LogP contribution in [0.4, 0.5) is 0 Å². The molecule has 0 fully saturated rings. The van der Waals surface area contributed by atoms with Gasteiger partial charge in [-0.25, -0.2) is 0 Å². The van der Waals surface area contributed by atoms with Crippen molar-refractivity contribution in [3.05, 3.63) is 29.8 Å². The summed E-state index contributed by atoms with van der Waals surface area (Å²) in [5.74, 6) is -0.153. The van der Waals surface area contributed by atoms with Crippen LogP contribution < -0.4 is 0 Å². The monoisotopic (exact) mass is 224 g/mol. The lowest BCUT2D eigenvalue weighted by atomic mass is 9.97. The summed E-state index contributed by atoms with van der Waals surface area (Å²) in [4.78, 5) is 12.7. The molecule has 0 atom stereocenters. The second-order valence-electron chi connectivity index (χ2n) is 4.01. The van der Waals surface area contributed by atoms with E-state index in [0.717, 1.165) is 5.56 Å². The van der Waals surface area contributed by atoms with E-state index in [9.17, 15) is 9.90 Å². The molecular weight excluding hydrogens is 208 g/mol. The molecule has 1 aromatic rings. The van der Waals surface area contributed by atoms with Crippen LogP contribution in [0.5, 0.6) is 0 Å². The van der Waals surface area contributed by atoms with Gasteiger partial charge in [0.25, 0.3) is 0 Å². The number of carbonyl (C=O) groups excluding carboxylic acids is 1. The van der Waals surface area contributed by atoms with E-state index in [1.807, 2.05) is 30.5 Å². The summed E-state index contributed by atoms with van der Waals surface area (Å²) < 4.78 is 0. The second kappa shape index (κ2) is 4.81. The Morgan fingerprint density at radius 2 is 1.87 bits per heavy atom. The van der Waals surface area contributed by atoms with Crippen molar-refractivity contribution in [3.63, 3.8) is 0 Å². The average Bonchev–Trinajstić information content (AvgIpc) is 2.17. The Labute approximate surface area is 94.7 Å². The molecule has 0 aromatic heterocycles. The van der Waals surface area contributed by atoms with E-state index in [1.54, 1.807) is 11.8 Å². The van der Waals surface area contributed by atoms with Crippen molar-refractivity contribution in [3.8, 4) is 0 Å². The van der Waals surface area contributed by atoms with Crippen molar-refractivity contribution in [1.82, 2.24) is 0 Å². The first-order valence-electron chi connectivity index (χ1n) is 4.82. The van der Waals surface area contributed by atoms with Crippen LogP contribution in [0, 0.1) is 0 Å². The molecule has 1 aromatic carbocycles. The van der Waals surface area contributed by atoms with Crippen LogP contribution in [0.15, 0.2) is 29.2 Å². The largest absolute Gasteiger partial charge is 0.383 e. The summed E-state index contributed by atoms with van der Waals surface area (Å²) >= 11 is 1.67. The highest BCUT2D eigenvalue weighted by Gasteiger charge is 2.23. The van der Waals surface area contributed by atoms with Crippen molar-refractivity contribution >= 4 is 17.5 Å². The van der Waals surface area contributed by atoms with Gasteiger partial charge in [-0.2, -0.15) is 0 Å². The van der Waals surface area contributed by atoms with Crippen molar-refractivity contribution < 1.29 is 9.90 Å². The van der Waals surface area contributed by atoms with Crippen LogP contribution in [0.3, 0.4) is 0 Å². The van der Waals surface area contributed by atoms with Gasteiger partial charge in [-0.1, -0.05) is 12.1 Å². The number of rotatable bonds is 4. The number of Topliss-reactive ketones (excluding diaryl/α,β-unsaturated/α-hetero) is 1. The SMILES string of the molecule is CSc1ccc(CC(=O)C(C)(C)O)cc1. The number of hydrogen-bond acceptors (Lipinski definition) is 3. The first-order chi connectivity index (χ1) is 6.93. The molecule has 0 spiro atoms. The molecule has 3 heteroatoms. The van der Waals surface area contributed by atoms with Gasteiger partial charge >= 0.3 is 0 Å². The van der Waals surface area contributed by atoms with E-state index < -0.39 is 5.60 Å². The zero-order valence-corrected chi connectivity index (χ0v) is 10.1. The number of carbonyl (C=O) groups is 1. The Morgan fingerprint density at radius 3 is 2.27 bits per heavy atom. The van der Waals surface area contributed by atoms with Gasteiger partial charge < -0.3 is 5.11 Å². The summed E-state index contributed by atoms with van der Waals surface area (Å²) in [6.45, 7) is 3.04. The highest BCUT2D eigenvalue weighted by molar-refractivity contribution is 7.98. The number of hydrogen-bond donors (Lipinski definition) is 1. The lowest BCUT2D eigenvalue weighted by Crippen LogP contribution is -2.32. The molecule has 0 unspecified atom stereocenters. The van der Waals surface area contributed by atoms with Crippen molar-refractivity contribution in [1.29, 1.82) is 0 Å². The minimum atomic E-state index is -1.24. The molecule has 0 aliphatic carbocycles. The van der Waals surface area contributed by atoms with Crippen LogP contribution in [0.1, 0.15) is 19.4 Å². The fourth-order valence-electron chi connectivity index (χ4n) is 1.15. The Morgan fingerprint density at radius 1 is 1.33 bits per heavy atom. The Kier molecular flexibility index (Phi) is 3.94. The maximum Gasteiger partial charge on any atom is 0.168 e. The number of ketones is 1. The Hall–Kier alpha value is -0.800. The van der Waals surface area contributed by atoms with E-state index in [4.69, 9.17) is 0 Å². The van der Waals surface area contributed by atoms with E-state index >= 15 is 0 Å². The maximum absolute atomic E-state index is 11.5. The zero-order valence-electron chi connectivity index (χ0n) is 9.28. The highest BCUT2D eigenvalue weighted by Crippen LogP contribution is 2.16. The molecule has 0 saturated heterocycles. The quantitative estimate of drug-likeness (QED) is 0.797. The van der Waals surface area contributed by atoms with Crippen molar-refractivity contribution in [2.24, 2.45) is 0 Å². The summed E-state index contributed by atoms with van der Waals surface area (Å²) in [6.07, 6.45) is 2.30. The van der Waals surface area contributed by atoms with Gasteiger partial charge in [0.05, 0.1) is 0 Å². The van der Waals surface area contributed by atoms with Crippen LogP contribution in [0.2, 0.25) is 0 Å². The fraction of sp³-hybridized carbons (Fsp3) is 0.417. The van der Waals surface area contributed by atoms with Crippen LogP contribution in [-0.4, -0.2) is 22.7 Å². The van der Waals surface area contributed by atoms with E-state index in [1.165, 1.54) is 18.7 Å². The molecule has 0 aliphatic rings. The van der Waals surface area contributed by atoms with Crippen molar-refractivity contribution in [2.75, 3.05) is 6.26 Å². The third kappa shape index (κ3) is 3.68. The van der Waals surface area contributed by atoms with Gasteiger partial charge in [0.1, 0.15) is 5.60 Å². The van der Waals surface area contributed by atoms with Gasteiger partial charge in [0.15, 0.2) is 5.78 Å². The normalized spacial score (nSPS) is 11.5. The molecule has 82 valence electrons. The molecule has 2 nitrogen and oxygen atoms in total. The third-order valence-corrected chi connectivity index (χ3v) is 2.95. The van der Waals surface area contributed by atoms with Gasteiger partial charge in [-0.15, -0.1) is 11.8 Å². The predicted octanol–water partition coefficient (Wildman–Crippen LogP) is 2.29. The van der Waals surface area contributed by atoms with Gasteiger partial charge in [0, 0.05) is 11.3 Å². The fourth-order valence-corrected chi connectivity index (χ4v) is 1.55. The average molecular weight is 224 g/mol. The number of benzene rings is 1. The maximum atomic E-state index is 11.5. The molecule has 0 bridgehead atoms. The first-order valence-corrected chi connectivity index (χ1v) is 6.04. The minimum absolute atomic E-state index is 0.153. The van der Waals surface area contributed by atoms with Gasteiger partial charge in [0.2, 0.25) is 0 Å². The second-order valence-corrected chi connectivity index (χ2v) is 4.89. The highest BCUT2D eigenvalue weighted by atomic mass is 32.2. The molecule has 15 heavy (non-hydrogen) atoms. The predicted molar refractivity (Wildman–Crippen MR) is 63.2 cm³/mol. The molecular formula is C12H16O2S. The summed E-state index contributed by atoms with van der Waals surface area (Å²) in [5, 5.41) is 9.49. The molecule has 0 radical (unpaired) electrons. The standard InChI is InChI=1S/C12H16O2S/c1-12(2,14)11(13)8-9-4-6-10(15-3)7-5-9/h4-7,14H,8H2,1-3H3. The molecule has 0 heterocycles. The van der Waals surface area contributed by atoms with Gasteiger partial charge in [-0.3, -0.25) is 4.79 Å². The lowest BCUT2D eigenvalue weighted by molar-refractivity contribution is -0.133. The third-order valence-electron chi connectivity index (χ3n) is 2.21. The number of thioether (sulfide) groups is 1. The minimum Gasteiger partial charge on any atom is -0.383 e. The van der Waals surface area contributed by atoms with E-state index in [-0.39, 0.29) is 12.2 Å². The zero-order chi connectivity index (χ0) is 11.5. The van der Waals surface area contributed by atoms with Crippen molar-refractivity contribution in [2.45, 2.75) is 30.8 Å².